The molecule has 0 saturated carbocycles. The summed E-state index contributed by atoms with van der Waals surface area (Å²) in [6.45, 7) is 5.98. The number of nitrogens with one attached hydrogen (secondary N) is 2. The quantitative estimate of drug-likeness (QED) is 0.858. The maximum atomic E-state index is 12.8. The molecule has 3 rings (SSSR count). The minimum absolute atomic E-state index is 0.0751. The molecular weight excluding hydrogens is 314 g/mol. The molecule has 138 valence electrons. The largest absolute Gasteiger partial charge is 0.368 e. The van der Waals surface area contributed by atoms with E-state index in [1.54, 1.807) is 7.11 Å². The van der Waals surface area contributed by atoms with Crippen LogP contribution < -0.4 is 10.6 Å². The Kier molecular flexibility index (Phi) is 6.10. The smallest absolute Gasteiger partial charge is 0.252 e. The molecule has 2 heterocycles. The molecule has 2 N–H and O–H groups in total. The fraction of sp³-hybridized carbons (Fsp3) is 0.650. The van der Waals surface area contributed by atoms with E-state index in [1.807, 2.05) is 0 Å². The average Bonchev–Trinajstić information content (AvgIpc) is 2.69. The van der Waals surface area contributed by atoms with E-state index < -0.39 is 5.60 Å². The second-order valence-electron chi connectivity index (χ2n) is 7.32. The Morgan fingerprint density at radius 3 is 2.48 bits per heavy atom. The number of rotatable bonds is 5. The first-order valence-corrected chi connectivity index (χ1v) is 9.50. The number of piperidine rings is 2. The van der Waals surface area contributed by atoms with E-state index in [4.69, 9.17) is 4.74 Å². The van der Waals surface area contributed by atoms with Gasteiger partial charge in [0.15, 0.2) is 0 Å². The Labute approximate surface area is 151 Å². The Bertz CT molecular complexity index is 549. The highest BCUT2D eigenvalue weighted by Gasteiger charge is 2.40. The molecule has 0 aromatic heterocycles. The van der Waals surface area contributed by atoms with Crippen LogP contribution in [0.25, 0.3) is 0 Å². The van der Waals surface area contributed by atoms with Gasteiger partial charge in [0.05, 0.1) is 0 Å². The molecule has 2 aliphatic heterocycles. The molecular formula is C20H31N3O2. The van der Waals surface area contributed by atoms with Crippen molar-refractivity contribution in [2.75, 3.05) is 33.3 Å². The summed E-state index contributed by atoms with van der Waals surface area (Å²) < 4.78 is 5.64. The highest BCUT2D eigenvalue weighted by molar-refractivity contribution is 5.85. The topological polar surface area (TPSA) is 53.6 Å². The van der Waals surface area contributed by atoms with Crippen LogP contribution in [-0.4, -0.2) is 55.7 Å². The van der Waals surface area contributed by atoms with Gasteiger partial charge in [-0.2, -0.15) is 0 Å². The van der Waals surface area contributed by atoms with Crippen molar-refractivity contribution in [3.8, 4) is 0 Å². The lowest BCUT2D eigenvalue weighted by Crippen LogP contribution is -2.57. The summed E-state index contributed by atoms with van der Waals surface area (Å²) >= 11 is 0. The fourth-order valence-electron chi connectivity index (χ4n) is 4.04. The van der Waals surface area contributed by atoms with E-state index >= 15 is 0 Å². The molecule has 1 atom stereocenters. The molecule has 1 aromatic rings. The van der Waals surface area contributed by atoms with Gasteiger partial charge in [-0.05, 0) is 51.3 Å². The number of carbonyl (C=O) groups excluding carboxylic acids is 1. The third-order valence-corrected chi connectivity index (χ3v) is 5.91. The summed E-state index contributed by atoms with van der Waals surface area (Å²) in [7, 11) is 1.66. The zero-order chi connectivity index (χ0) is 17.7. The summed E-state index contributed by atoms with van der Waals surface area (Å²) in [6.07, 6.45) is 3.50. The number of methoxy groups -OCH3 is 1. The Balaban J connectivity index is 1.51. The first kappa shape index (κ1) is 18.4. The number of ether oxygens (including phenoxy) is 1. The second-order valence-corrected chi connectivity index (χ2v) is 7.32. The van der Waals surface area contributed by atoms with Crippen LogP contribution in [0.3, 0.4) is 0 Å². The predicted molar refractivity (Wildman–Crippen MR) is 99.4 cm³/mol. The highest BCUT2D eigenvalue weighted by Crippen LogP contribution is 2.26. The van der Waals surface area contributed by atoms with Crippen LogP contribution in [0.5, 0.6) is 0 Å². The van der Waals surface area contributed by atoms with Crippen molar-refractivity contribution in [3.63, 3.8) is 0 Å². The molecule has 2 fully saturated rings. The molecule has 5 heteroatoms. The van der Waals surface area contributed by atoms with E-state index in [0.717, 1.165) is 51.9 Å². The van der Waals surface area contributed by atoms with Crippen LogP contribution in [0.4, 0.5) is 0 Å². The van der Waals surface area contributed by atoms with Crippen LogP contribution in [0.1, 0.15) is 44.2 Å². The zero-order valence-corrected chi connectivity index (χ0v) is 15.5. The normalized spacial score (nSPS) is 23.1. The number of benzene rings is 1. The molecule has 0 radical (unpaired) electrons. The lowest BCUT2D eigenvalue weighted by Gasteiger charge is -2.39. The third kappa shape index (κ3) is 4.22. The first-order valence-electron chi connectivity index (χ1n) is 9.50. The van der Waals surface area contributed by atoms with Crippen LogP contribution >= 0.6 is 0 Å². The van der Waals surface area contributed by atoms with Crippen molar-refractivity contribution in [2.45, 2.75) is 50.3 Å². The number of nitrogens with zero attached hydrogens (tertiary/aromatic N) is 1. The Morgan fingerprint density at radius 2 is 1.88 bits per heavy atom. The molecule has 1 amide bonds. The summed E-state index contributed by atoms with van der Waals surface area (Å²) in [5.41, 5.74) is 0.720. The molecule has 0 aliphatic carbocycles. The van der Waals surface area contributed by atoms with Gasteiger partial charge >= 0.3 is 0 Å². The zero-order valence-electron chi connectivity index (χ0n) is 15.5. The van der Waals surface area contributed by atoms with Crippen molar-refractivity contribution in [3.05, 3.63) is 35.9 Å². The van der Waals surface area contributed by atoms with Gasteiger partial charge < -0.3 is 15.4 Å². The molecule has 1 aromatic carbocycles. The molecule has 5 nitrogen and oxygen atoms in total. The number of hydrogen-bond acceptors (Lipinski definition) is 4. The molecule has 2 saturated heterocycles. The number of likely N-dealkylation sites (tertiary alicyclic amines) is 1. The van der Waals surface area contributed by atoms with Gasteiger partial charge in [0.25, 0.3) is 5.91 Å². The van der Waals surface area contributed by atoms with Crippen LogP contribution in [0, 0.1) is 0 Å². The first-order chi connectivity index (χ1) is 12.1. The van der Waals surface area contributed by atoms with Gasteiger partial charge in [0.2, 0.25) is 0 Å². The van der Waals surface area contributed by atoms with Gasteiger partial charge in [-0.3, -0.25) is 9.69 Å². The molecule has 1 unspecified atom stereocenters. The molecule has 2 aliphatic rings. The highest BCUT2D eigenvalue weighted by atomic mass is 16.5. The van der Waals surface area contributed by atoms with E-state index in [-0.39, 0.29) is 11.9 Å². The monoisotopic (exact) mass is 345 g/mol. The summed E-state index contributed by atoms with van der Waals surface area (Å²) in [5.74, 6) is 0.0751. The van der Waals surface area contributed by atoms with Crippen molar-refractivity contribution >= 4 is 5.91 Å². The lowest BCUT2D eigenvalue weighted by molar-refractivity contribution is -0.147. The maximum Gasteiger partial charge on any atom is 0.252 e. The van der Waals surface area contributed by atoms with Crippen molar-refractivity contribution in [2.24, 2.45) is 0 Å². The van der Waals surface area contributed by atoms with Gasteiger partial charge in [0.1, 0.15) is 5.60 Å². The van der Waals surface area contributed by atoms with E-state index in [2.05, 4.69) is 52.8 Å². The van der Waals surface area contributed by atoms with Crippen molar-refractivity contribution in [1.82, 2.24) is 15.5 Å². The van der Waals surface area contributed by atoms with Gasteiger partial charge in [-0.15, -0.1) is 0 Å². The van der Waals surface area contributed by atoms with Crippen LogP contribution in [0.15, 0.2) is 30.3 Å². The summed E-state index contributed by atoms with van der Waals surface area (Å²) in [4.78, 5) is 15.3. The SMILES string of the molecule is COC1(C(=O)NC2CCN(C(C)c3ccccc3)CC2)CCNCC1. The van der Waals surface area contributed by atoms with Gasteiger partial charge in [-0.25, -0.2) is 0 Å². The number of amides is 1. The van der Waals surface area contributed by atoms with Gasteiger partial charge in [0, 0.05) is 32.3 Å². The lowest BCUT2D eigenvalue weighted by atomic mass is 9.90. The molecule has 0 bridgehead atoms. The number of hydrogen-bond donors (Lipinski definition) is 2. The number of carbonyl (C=O) groups is 1. The summed E-state index contributed by atoms with van der Waals surface area (Å²) in [5, 5.41) is 6.56. The van der Waals surface area contributed by atoms with E-state index in [1.165, 1.54) is 5.56 Å². The average molecular weight is 345 g/mol. The minimum atomic E-state index is -0.639. The van der Waals surface area contributed by atoms with Crippen LogP contribution in [-0.2, 0) is 9.53 Å². The standard InChI is InChI=1S/C20H31N3O2/c1-16(17-6-4-3-5-7-17)23-14-8-18(9-15-23)22-19(24)20(25-2)10-12-21-13-11-20/h3-7,16,18,21H,8-15H2,1-2H3,(H,22,24). The fourth-order valence-corrected chi connectivity index (χ4v) is 4.04. The van der Waals surface area contributed by atoms with Crippen molar-refractivity contribution < 1.29 is 9.53 Å². The molecule has 0 spiro atoms. The molecule has 25 heavy (non-hydrogen) atoms. The Hall–Kier alpha value is -1.43. The van der Waals surface area contributed by atoms with Crippen molar-refractivity contribution in [1.29, 1.82) is 0 Å². The predicted octanol–water partition coefficient (Wildman–Crippen LogP) is 2.10. The minimum Gasteiger partial charge on any atom is -0.368 e. The maximum absolute atomic E-state index is 12.8. The van der Waals surface area contributed by atoms with E-state index in [0.29, 0.717) is 6.04 Å². The third-order valence-electron chi connectivity index (χ3n) is 5.91. The van der Waals surface area contributed by atoms with Crippen LogP contribution in [0.2, 0.25) is 0 Å². The second kappa shape index (κ2) is 8.30. The van der Waals surface area contributed by atoms with Gasteiger partial charge in [-0.1, -0.05) is 30.3 Å². The summed E-state index contributed by atoms with van der Waals surface area (Å²) in [6, 6.07) is 11.3. The Morgan fingerprint density at radius 1 is 1.24 bits per heavy atom. The van der Waals surface area contributed by atoms with E-state index in [9.17, 15) is 4.79 Å².